The van der Waals surface area contributed by atoms with Crippen molar-refractivity contribution in [1.29, 1.82) is 0 Å². The van der Waals surface area contributed by atoms with Crippen LogP contribution in [0.2, 0.25) is 0 Å². The van der Waals surface area contributed by atoms with E-state index < -0.39 is 0 Å². The molecule has 2 aromatic carbocycles. The summed E-state index contributed by atoms with van der Waals surface area (Å²) in [6.45, 7) is 8.59. The van der Waals surface area contributed by atoms with Gasteiger partial charge >= 0.3 is 0 Å². The first kappa shape index (κ1) is 45.8. The van der Waals surface area contributed by atoms with Gasteiger partial charge in [0.05, 0.1) is 59.6 Å². The van der Waals surface area contributed by atoms with Crippen molar-refractivity contribution in [3.8, 4) is 43.7 Å². The first-order valence-corrected chi connectivity index (χ1v) is 25.8. The number of benzene rings is 2. The number of hydrogen-bond acceptors (Lipinski definition) is 16. The Labute approximate surface area is 422 Å². The van der Waals surface area contributed by atoms with Crippen LogP contribution in [-0.4, -0.2) is 96.5 Å². The summed E-state index contributed by atoms with van der Waals surface area (Å²) in [4.78, 5) is 63.0. The number of para-hydroxylation sites is 2. The standard InChI is InChI=1S/C26H24N6O2S2.C24H18N8OS2/c1-17-23(36-25(28-17)18-5-4-8-27-13-18)24(33)29-21-7-3-2-6-20(21)22-15-32-19(16-35-26(32)30-22)14-31-9-11-34-12-10-31;1-15-21(35-23(28-15)16-5-4-8-25-9-16)22(33)29-19-7-3-2-6-18(19)20-11-32-17(12-34-24(32)30-20)10-31-14-26-13-27-31/h2-8,13,15-16H,9-12,14H2,1H3,(H,29,33);2-9,11-14H,10H2,1H3,(H,29,33). The Bertz CT molecular complexity index is 3630. The Kier molecular flexibility index (Phi) is 13.1. The van der Waals surface area contributed by atoms with Crippen molar-refractivity contribution in [3.63, 3.8) is 0 Å². The molecule has 1 aliphatic rings. The number of thiazole rings is 4. The van der Waals surface area contributed by atoms with E-state index in [9.17, 15) is 9.59 Å². The number of morpholine rings is 1. The van der Waals surface area contributed by atoms with Crippen LogP contribution in [0.4, 0.5) is 11.4 Å². The van der Waals surface area contributed by atoms with Gasteiger partial charge in [0.25, 0.3) is 11.8 Å². The highest BCUT2D eigenvalue weighted by atomic mass is 32.1. The molecule has 71 heavy (non-hydrogen) atoms. The van der Waals surface area contributed by atoms with E-state index in [2.05, 4.69) is 66.9 Å². The van der Waals surface area contributed by atoms with Crippen molar-refractivity contribution < 1.29 is 14.3 Å². The molecule has 0 bridgehead atoms. The fourth-order valence-electron chi connectivity index (χ4n) is 8.04. The van der Waals surface area contributed by atoms with Gasteiger partial charge < -0.3 is 15.4 Å². The van der Waals surface area contributed by atoms with E-state index >= 15 is 0 Å². The third kappa shape index (κ3) is 9.91. The number of nitrogens with zero attached hydrogens (tertiary/aromatic N) is 12. The molecule has 17 nitrogen and oxygen atoms in total. The fraction of sp³-hybridized carbons (Fsp3) is 0.160. The van der Waals surface area contributed by atoms with E-state index in [1.54, 1.807) is 58.5 Å². The van der Waals surface area contributed by atoms with Gasteiger partial charge in [-0.15, -0.1) is 45.3 Å². The Morgan fingerprint density at radius 1 is 0.634 bits per heavy atom. The van der Waals surface area contributed by atoms with Gasteiger partial charge in [-0.2, -0.15) is 5.10 Å². The molecule has 2 amide bonds. The number of carbonyl (C=O) groups is 2. The summed E-state index contributed by atoms with van der Waals surface area (Å²) in [5, 5.41) is 16.1. The molecule has 0 spiro atoms. The second kappa shape index (κ2) is 20.4. The average Bonchev–Trinajstić information content (AvgIpc) is 4.28. The number of rotatable bonds is 12. The quantitative estimate of drug-likeness (QED) is 0.118. The van der Waals surface area contributed by atoms with Crippen molar-refractivity contribution in [3.05, 3.63) is 166 Å². The zero-order valence-electron chi connectivity index (χ0n) is 38.2. The number of aromatic nitrogens is 11. The number of amides is 2. The summed E-state index contributed by atoms with van der Waals surface area (Å²) >= 11 is 5.92. The summed E-state index contributed by atoms with van der Waals surface area (Å²) < 4.78 is 11.5. The number of nitrogens with one attached hydrogen (secondary N) is 2. The van der Waals surface area contributed by atoms with E-state index in [1.165, 1.54) is 34.7 Å². The highest BCUT2D eigenvalue weighted by Crippen LogP contribution is 2.34. The van der Waals surface area contributed by atoms with Gasteiger partial charge in [-0.1, -0.05) is 36.4 Å². The van der Waals surface area contributed by atoms with Gasteiger partial charge in [-0.3, -0.25) is 33.3 Å². The van der Waals surface area contributed by atoms with E-state index in [0.717, 1.165) is 97.8 Å². The molecule has 0 saturated carbocycles. The van der Waals surface area contributed by atoms with Crippen molar-refractivity contribution in [1.82, 2.24) is 58.4 Å². The third-order valence-corrected chi connectivity index (χ3v) is 15.8. The van der Waals surface area contributed by atoms with Crippen molar-refractivity contribution in [2.75, 3.05) is 36.9 Å². The van der Waals surface area contributed by atoms with Crippen molar-refractivity contribution in [2.24, 2.45) is 0 Å². The van der Waals surface area contributed by atoms with Crippen LogP contribution in [-0.2, 0) is 17.8 Å². The number of pyridine rings is 2. The second-order valence-electron chi connectivity index (χ2n) is 16.3. The number of ether oxygens (including phenoxy) is 1. The Balaban J connectivity index is 0.000000154. The van der Waals surface area contributed by atoms with E-state index in [1.807, 2.05) is 97.2 Å². The number of carbonyl (C=O) groups excluding carboxylic acids is 2. The molecular weight excluding hydrogens is 973 g/mol. The first-order valence-electron chi connectivity index (χ1n) is 22.4. The lowest BCUT2D eigenvalue weighted by molar-refractivity contribution is 0.0336. The molecule has 11 aromatic rings. The fourth-order valence-corrected chi connectivity index (χ4v) is 11.7. The monoisotopic (exact) mass is 1010 g/mol. The van der Waals surface area contributed by atoms with Crippen molar-refractivity contribution >= 4 is 78.5 Å². The number of anilines is 2. The van der Waals surface area contributed by atoms with Crippen LogP contribution in [0.5, 0.6) is 0 Å². The summed E-state index contributed by atoms with van der Waals surface area (Å²) in [7, 11) is 0. The SMILES string of the molecule is Cc1nc(-c2cccnc2)sc1C(=O)Nc1ccccc1-c1cn2c(CN3CCOCC3)csc2n1.Cc1nc(-c2cccnc2)sc1C(=O)Nc1ccccc1-c1cn2c(Cn3cncn3)csc2n1. The minimum atomic E-state index is -0.199. The zero-order chi connectivity index (χ0) is 48.3. The normalized spacial score (nSPS) is 12.8. The number of fused-ring (bicyclic) bond motifs is 2. The van der Waals surface area contributed by atoms with Crippen LogP contribution in [0.15, 0.2) is 133 Å². The van der Waals surface area contributed by atoms with Gasteiger partial charge in [0.2, 0.25) is 0 Å². The van der Waals surface area contributed by atoms with Gasteiger partial charge in [-0.25, -0.2) is 29.6 Å². The highest BCUT2D eigenvalue weighted by molar-refractivity contribution is 7.17. The minimum Gasteiger partial charge on any atom is -0.379 e. The minimum absolute atomic E-state index is 0.179. The lowest BCUT2D eigenvalue weighted by Gasteiger charge is -2.26. The van der Waals surface area contributed by atoms with Gasteiger partial charge in [-0.05, 0) is 50.2 Å². The Morgan fingerprint density at radius 3 is 1.65 bits per heavy atom. The predicted molar refractivity (Wildman–Crippen MR) is 278 cm³/mol. The topological polar surface area (TPSA) is 188 Å². The second-order valence-corrected chi connectivity index (χ2v) is 20.0. The molecule has 354 valence electrons. The predicted octanol–water partition coefficient (Wildman–Crippen LogP) is 9.76. The van der Waals surface area contributed by atoms with Gasteiger partial charge in [0.15, 0.2) is 9.92 Å². The molecular formula is C50H42N14O3S4. The lowest BCUT2D eigenvalue weighted by atomic mass is 10.1. The molecule has 12 rings (SSSR count). The molecule has 10 heterocycles. The molecule has 0 unspecified atom stereocenters. The molecule has 0 aliphatic carbocycles. The number of imidazole rings is 2. The van der Waals surface area contributed by atoms with E-state index in [4.69, 9.17) is 14.7 Å². The van der Waals surface area contributed by atoms with Crippen LogP contribution in [0.1, 0.15) is 42.1 Å². The zero-order valence-corrected chi connectivity index (χ0v) is 41.4. The smallest absolute Gasteiger partial charge is 0.267 e. The van der Waals surface area contributed by atoms with Crippen LogP contribution < -0.4 is 10.6 Å². The molecule has 1 fully saturated rings. The highest BCUT2D eigenvalue weighted by Gasteiger charge is 2.22. The molecule has 0 atom stereocenters. The third-order valence-electron chi connectivity index (χ3n) is 11.6. The molecule has 1 saturated heterocycles. The summed E-state index contributed by atoms with van der Waals surface area (Å²) in [6, 6.07) is 23.1. The molecule has 0 radical (unpaired) electrons. The number of hydrogen-bond donors (Lipinski definition) is 2. The molecule has 1 aliphatic heterocycles. The maximum atomic E-state index is 13.3. The Morgan fingerprint density at radius 2 is 1.15 bits per heavy atom. The molecule has 21 heteroatoms. The van der Waals surface area contributed by atoms with Crippen LogP contribution in [0.3, 0.4) is 0 Å². The van der Waals surface area contributed by atoms with Crippen LogP contribution in [0.25, 0.3) is 53.6 Å². The first-order chi connectivity index (χ1) is 34.8. The van der Waals surface area contributed by atoms with Crippen LogP contribution >= 0.6 is 45.3 Å². The summed E-state index contributed by atoms with van der Waals surface area (Å²) in [6.07, 6.45) is 14.2. The van der Waals surface area contributed by atoms with Crippen molar-refractivity contribution in [2.45, 2.75) is 26.9 Å². The number of aryl methyl sites for hydroxylation is 2. The van der Waals surface area contributed by atoms with E-state index in [-0.39, 0.29) is 11.8 Å². The largest absolute Gasteiger partial charge is 0.379 e. The average molecular weight is 1020 g/mol. The maximum absolute atomic E-state index is 13.3. The summed E-state index contributed by atoms with van der Waals surface area (Å²) in [5.74, 6) is -0.378. The lowest BCUT2D eigenvalue weighted by Crippen LogP contribution is -2.35. The molecule has 9 aromatic heterocycles. The summed E-state index contributed by atoms with van der Waals surface area (Å²) in [5.41, 5.74) is 10.2. The van der Waals surface area contributed by atoms with Crippen LogP contribution in [0, 0.1) is 13.8 Å². The van der Waals surface area contributed by atoms with Gasteiger partial charge in [0, 0.05) is 95.5 Å². The maximum Gasteiger partial charge on any atom is 0.267 e. The molecule has 2 N–H and O–H groups in total. The van der Waals surface area contributed by atoms with Gasteiger partial charge in [0.1, 0.15) is 32.4 Å². The van der Waals surface area contributed by atoms with E-state index in [0.29, 0.717) is 33.4 Å². The Hall–Kier alpha value is -7.66.